The fourth-order valence-electron chi connectivity index (χ4n) is 1.54. The van der Waals surface area contributed by atoms with Crippen molar-refractivity contribution >= 4 is 15.9 Å². The number of carbonyl (C=O) groups excluding carboxylic acids is 1. The van der Waals surface area contributed by atoms with E-state index in [0.29, 0.717) is 13.1 Å². The van der Waals surface area contributed by atoms with E-state index in [2.05, 4.69) is 12.2 Å². The Hall–Kier alpha value is -0.620. The monoisotopic (exact) mass is 278 g/mol. The van der Waals surface area contributed by atoms with Crippen LogP contribution in [0.3, 0.4) is 0 Å². The molecule has 6 heteroatoms. The summed E-state index contributed by atoms with van der Waals surface area (Å²) >= 11 is 0. The molecule has 0 aliphatic rings. The molecule has 0 aliphatic carbocycles. The van der Waals surface area contributed by atoms with Crippen LogP contribution >= 0.6 is 0 Å². The first-order valence-electron chi connectivity index (χ1n) is 6.49. The lowest BCUT2D eigenvalue weighted by atomic mass is 10.2. The molecule has 0 heterocycles. The van der Waals surface area contributed by atoms with E-state index in [1.165, 1.54) is 4.31 Å². The van der Waals surface area contributed by atoms with Gasteiger partial charge in [0.25, 0.3) is 0 Å². The smallest absolute Gasteiger partial charge is 0.235 e. The van der Waals surface area contributed by atoms with Crippen molar-refractivity contribution in [3.8, 4) is 0 Å². The molecule has 0 saturated heterocycles. The minimum Gasteiger partial charge on any atom is -0.355 e. The van der Waals surface area contributed by atoms with Gasteiger partial charge in [0.2, 0.25) is 15.9 Å². The van der Waals surface area contributed by atoms with Crippen LogP contribution in [0.15, 0.2) is 0 Å². The maximum Gasteiger partial charge on any atom is 0.235 e. The van der Waals surface area contributed by atoms with Gasteiger partial charge in [-0.2, -0.15) is 4.31 Å². The van der Waals surface area contributed by atoms with E-state index in [1.807, 2.05) is 13.8 Å². The second-order valence-corrected chi connectivity index (χ2v) is 6.99. The first kappa shape index (κ1) is 17.4. The third-order valence-electron chi connectivity index (χ3n) is 2.46. The molecule has 108 valence electrons. The largest absolute Gasteiger partial charge is 0.355 e. The Morgan fingerprint density at radius 2 is 1.89 bits per heavy atom. The van der Waals surface area contributed by atoms with E-state index in [1.54, 1.807) is 0 Å². The molecule has 0 aromatic rings. The summed E-state index contributed by atoms with van der Waals surface area (Å²) in [6.45, 7) is 6.86. The second kappa shape index (κ2) is 8.48. The minimum absolute atomic E-state index is 0.0802. The molecule has 1 amide bonds. The summed E-state index contributed by atoms with van der Waals surface area (Å²) in [4.78, 5) is 11.6. The molecule has 0 spiro atoms. The Bertz CT molecular complexity index is 339. The maximum atomic E-state index is 11.6. The molecule has 0 aliphatic heterocycles. The van der Waals surface area contributed by atoms with Crippen molar-refractivity contribution in [3.63, 3.8) is 0 Å². The minimum atomic E-state index is -3.32. The molecule has 0 saturated carbocycles. The number of rotatable bonds is 9. The quantitative estimate of drug-likeness (QED) is 0.645. The number of sulfonamides is 1. The van der Waals surface area contributed by atoms with E-state index in [-0.39, 0.29) is 18.4 Å². The van der Waals surface area contributed by atoms with Gasteiger partial charge >= 0.3 is 0 Å². The average molecular weight is 278 g/mol. The highest BCUT2D eigenvalue weighted by Crippen LogP contribution is 2.03. The fourth-order valence-corrected chi connectivity index (χ4v) is 2.46. The van der Waals surface area contributed by atoms with Crippen molar-refractivity contribution in [1.29, 1.82) is 0 Å². The molecule has 0 unspecified atom stereocenters. The summed E-state index contributed by atoms with van der Waals surface area (Å²) in [6.07, 6.45) is 4.24. The van der Waals surface area contributed by atoms with Gasteiger partial charge < -0.3 is 5.32 Å². The Labute approximate surface area is 111 Å². The highest BCUT2D eigenvalue weighted by atomic mass is 32.2. The van der Waals surface area contributed by atoms with Crippen molar-refractivity contribution in [2.75, 3.05) is 25.9 Å². The number of nitrogens with zero attached hydrogens (tertiary/aromatic N) is 1. The van der Waals surface area contributed by atoms with Gasteiger partial charge in [0, 0.05) is 13.1 Å². The van der Waals surface area contributed by atoms with Crippen molar-refractivity contribution in [1.82, 2.24) is 9.62 Å². The molecule has 0 radical (unpaired) electrons. The Balaban J connectivity index is 4.20. The van der Waals surface area contributed by atoms with Crippen molar-refractivity contribution in [3.05, 3.63) is 0 Å². The SMILES string of the molecule is CCCCCNC(=O)CN(CC(C)C)S(C)(=O)=O. The Morgan fingerprint density at radius 3 is 2.33 bits per heavy atom. The van der Waals surface area contributed by atoms with E-state index in [0.717, 1.165) is 25.5 Å². The van der Waals surface area contributed by atoms with Gasteiger partial charge in [-0.25, -0.2) is 8.42 Å². The topological polar surface area (TPSA) is 66.5 Å². The predicted molar refractivity (Wildman–Crippen MR) is 73.8 cm³/mol. The normalized spacial score (nSPS) is 12.1. The van der Waals surface area contributed by atoms with Gasteiger partial charge in [0.15, 0.2) is 0 Å². The van der Waals surface area contributed by atoms with E-state index >= 15 is 0 Å². The lowest BCUT2D eigenvalue weighted by molar-refractivity contribution is -0.121. The van der Waals surface area contributed by atoms with Crippen LogP contribution < -0.4 is 5.32 Å². The Morgan fingerprint density at radius 1 is 1.28 bits per heavy atom. The zero-order valence-corrected chi connectivity index (χ0v) is 12.7. The summed E-state index contributed by atoms with van der Waals surface area (Å²) in [5, 5.41) is 2.75. The van der Waals surface area contributed by atoms with E-state index in [4.69, 9.17) is 0 Å². The molecule has 0 aromatic carbocycles. The van der Waals surface area contributed by atoms with Gasteiger partial charge in [-0.05, 0) is 12.3 Å². The zero-order valence-electron chi connectivity index (χ0n) is 11.9. The molecule has 1 N–H and O–H groups in total. The van der Waals surface area contributed by atoms with Gasteiger partial charge in [-0.1, -0.05) is 33.6 Å². The molecule has 5 nitrogen and oxygen atoms in total. The average Bonchev–Trinajstić information content (AvgIpc) is 2.21. The number of hydrogen-bond acceptors (Lipinski definition) is 3. The summed E-state index contributed by atoms with van der Waals surface area (Å²) in [6, 6.07) is 0. The van der Waals surface area contributed by atoms with E-state index in [9.17, 15) is 13.2 Å². The summed E-state index contributed by atoms with van der Waals surface area (Å²) in [7, 11) is -3.32. The standard InChI is InChI=1S/C12H26N2O3S/c1-5-6-7-8-13-12(15)10-14(9-11(2)3)18(4,16)17/h11H,5-10H2,1-4H3,(H,13,15). The van der Waals surface area contributed by atoms with Crippen LogP contribution in [0.25, 0.3) is 0 Å². The maximum absolute atomic E-state index is 11.6. The third-order valence-corrected chi connectivity index (χ3v) is 3.68. The van der Waals surface area contributed by atoms with Crippen molar-refractivity contribution in [2.24, 2.45) is 5.92 Å². The summed E-state index contributed by atoms with van der Waals surface area (Å²) in [5.74, 6) is -0.0233. The van der Waals surface area contributed by atoms with Gasteiger partial charge in [0.1, 0.15) is 0 Å². The van der Waals surface area contributed by atoms with Gasteiger partial charge in [0.05, 0.1) is 12.8 Å². The highest BCUT2D eigenvalue weighted by molar-refractivity contribution is 7.88. The summed E-state index contributed by atoms with van der Waals surface area (Å²) in [5.41, 5.74) is 0. The second-order valence-electron chi connectivity index (χ2n) is 5.01. The lowest BCUT2D eigenvalue weighted by Crippen LogP contribution is -2.42. The number of nitrogens with one attached hydrogen (secondary N) is 1. The molecule has 18 heavy (non-hydrogen) atoms. The van der Waals surface area contributed by atoms with Crippen LogP contribution in [0.4, 0.5) is 0 Å². The highest BCUT2D eigenvalue weighted by Gasteiger charge is 2.20. The zero-order chi connectivity index (χ0) is 14.2. The van der Waals surface area contributed by atoms with Crippen LogP contribution in [0.1, 0.15) is 40.0 Å². The molecule has 0 fully saturated rings. The number of hydrogen-bond donors (Lipinski definition) is 1. The molecule has 0 atom stereocenters. The number of carbonyl (C=O) groups is 1. The number of unbranched alkanes of at least 4 members (excludes halogenated alkanes) is 2. The van der Waals surface area contributed by atoms with E-state index < -0.39 is 10.0 Å². The van der Waals surface area contributed by atoms with Crippen LogP contribution in [-0.2, 0) is 14.8 Å². The fraction of sp³-hybridized carbons (Fsp3) is 0.917. The van der Waals surface area contributed by atoms with Gasteiger partial charge in [-0.15, -0.1) is 0 Å². The molecular weight excluding hydrogens is 252 g/mol. The molecule has 0 rings (SSSR count). The first-order chi connectivity index (χ1) is 8.27. The van der Waals surface area contributed by atoms with Crippen LogP contribution in [0, 0.1) is 5.92 Å². The lowest BCUT2D eigenvalue weighted by Gasteiger charge is -2.21. The number of amides is 1. The van der Waals surface area contributed by atoms with Crippen LogP contribution in [-0.4, -0.2) is 44.5 Å². The summed E-state index contributed by atoms with van der Waals surface area (Å²) < 4.78 is 24.3. The molecular formula is C12H26N2O3S. The first-order valence-corrected chi connectivity index (χ1v) is 8.34. The van der Waals surface area contributed by atoms with Crippen molar-refractivity contribution < 1.29 is 13.2 Å². The van der Waals surface area contributed by atoms with Gasteiger partial charge in [-0.3, -0.25) is 4.79 Å². The van der Waals surface area contributed by atoms with Crippen molar-refractivity contribution in [2.45, 2.75) is 40.0 Å². The Kier molecular flexibility index (Phi) is 8.18. The predicted octanol–water partition coefficient (Wildman–Crippen LogP) is 1.21. The third kappa shape index (κ3) is 8.47. The molecule has 0 aromatic heterocycles. The van der Waals surface area contributed by atoms with Crippen LogP contribution in [0.5, 0.6) is 0 Å². The van der Waals surface area contributed by atoms with Crippen LogP contribution in [0.2, 0.25) is 0 Å². The molecule has 0 bridgehead atoms.